The molecule has 2 fully saturated rings. The monoisotopic (exact) mass is 406 g/mol. The molecule has 0 aliphatic heterocycles. The van der Waals surface area contributed by atoms with Crippen LogP contribution in [-0.4, -0.2) is 0 Å². The van der Waals surface area contributed by atoms with Gasteiger partial charge in [0.15, 0.2) is 0 Å². The van der Waals surface area contributed by atoms with Crippen LogP contribution in [0.4, 0.5) is 0 Å². The zero-order valence-electron chi connectivity index (χ0n) is 21.6. The second-order valence-electron chi connectivity index (χ2n) is 10.5. The molecular weight excluding hydrogens is 348 g/mol. The Kier molecular flexibility index (Phi) is 14.7. The van der Waals surface area contributed by atoms with Crippen LogP contribution in [-0.2, 0) is 0 Å². The Morgan fingerprint density at radius 2 is 1.38 bits per heavy atom. The number of hydrogen-bond donors (Lipinski definition) is 0. The first kappa shape index (κ1) is 27.0. The van der Waals surface area contributed by atoms with Crippen LogP contribution in [0.15, 0.2) is 0 Å². The maximum absolute atomic E-state index is 2.71. The van der Waals surface area contributed by atoms with E-state index in [1.807, 2.05) is 13.8 Å². The summed E-state index contributed by atoms with van der Waals surface area (Å²) in [6, 6.07) is 0. The Morgan fingerprint density at radius 1 is 0.759 bits per heavy atom. The molecule has 2 saturated carbocycles. The Morgan fingerprint density at radius 3 is 1.86 bits per heavy atom. The molecule has 0 aromatic heterocycles. The zero-order valence-corrected chi connectivity index (χ0v) is 21.6. The average Bonchev–Trinajstić information content (AvgIpc) is 3.14. The predicted octanol–water partition coefficient (Wildman–Crippen LogP) is 10.3. The normalized spacial score (nSPS) is 27.8. The molecule has 0 aromatic rings. The van der Waals surface area contributed by atoms with Crippen LogP contribution in [0.2, 0.25) is 0 Å². The van der Waals surface area contributed by atoms with Crippen molar-refractivity contribution in [3.63, 3.8) is 0 Å². The summed E-state index contributed by atoms with van der Waals surface area (Å²) < 4.78 is 0. The van der Waals surface area contributed by atoms with Crippen LogP contribution >= 0.6 is 0 Å². The van der Waals surface area contributed by atoms with E-state index < -0.39 is 0 Å². The quantitative estimate of drug-likeness (QED) is 0.338. The molecule has 0 nitrogen and oxygen atoms in total. The van der Waals surface area contributed by atoms with Crippen molar-refractivity contribution in [2.45, 2.75) is 145 Å². The lowest BCUT2D eigenvalue weighted by Crippen LogP contribution is -2.38. The van der Waals surface area contributed by atoms with E-state index in [2.05, 4.69) is 34.6 Å². The average molecular weight is 407 g/mol. The summed E-state index contributed by atoms with van der Waals surface area (Å²) in [5.74, 6) is 6.92. The Bertz CT molecular complexity index is 364. The number of hydrogen-bond acceptors (Lipinski definition) is 0. The molecule has 0 aromatic carbocycles. The van der Waals surface area contributed by atoms with E-state index in [9.17, 15) is 0 Å². The molecule has 2 aliphatic rings. The molecule has 0 saturated heterocycles. The minimum atomic E-state index is 0.953. The maximum atomic E-state index is 2.71. The summed E-state index contributed by atoms with van der Waals surface area (Å²) in [5.41, 5.74) is 0. The molecule has 0 N–H and O–H groups in total. The second-order valence-corrected chi connectivity index (χ2v) is 10.5. The van der Waals surface area contributed by atoms with Gasteiger partial charge in [-0.1, -0.05) is 138 Å². The summed E-state index contributed by atoms with van der Waals surface area (Å²) in [4.78, 5) is 0. The van der Waals surface area contributed by atoms with Gasteiger partial charge in [-0.3, -0.25) is 0 Å². The van der Waals surface area contributed by atoms with Gasteiger partial charge >= 0.3 is 0 Å². The molecular formula is C29H58. The third-order valence-electron chi connectivity index (χ3n) is 8.95. The second kappa shape index (κ2) is 15.8. The molecule has 0 bridgehead atoms. The Labute approximate surface area is 186 Å². The molecule has 0 heterocycles. The van der Waals surface area contributed by atoms with Gasteiger partial charge in [-0.05, 0) is 47.8 Å². The largest absolute Gasteiger partial charge is 0.0683 e. The van der Waals surface area contributed by atoms with E-state index >= 15 is 0 Å². The minimum absolute atomic E-state index is 0.953. The SMILES string of the molecule is CC.CCCCC(CC)C(CC)C(C(C)C1CCCCCCC1)C1CCCC1C. The maximum Gasteiger partial charge on any atom is -0.0324 e. The zero-order chi connectivity index (χ0) is 21.6. The molecule has 6 unspecified atom stereocenters. The van der Waals surface area contributed by atoms with Crippen LogP contribution in [0.3, 0.4) is 0 Å². The van der Waals surface area contributed by atoms with Crippen LogP contribution in [0, 0.1) is 41.4 Å². The summed E-state index contributed by atoms with van der Waals surface area (Å²) in [5, 5.41) is 0. The van der Waals surface area contributed by atoms with E-state index in [0.29, 0.717) is 0 Å². The lowest BCUT2D eigenvalue weighted by molar-refractivity contribution is 0.0426. The molecule has 0 heteroatoms. The van der Waals surface area contributed by atoms with Crippen molar-refractivity contribution in [3.8, 4) is 0 Å². The van der Waals surface area contributed by atoms with E-state index in [0.717, 1.165) is 41.4 Å². The Hall–Kier alpha value is 0. The first-order chi connectivity index (χ1) is 14.1. The number of rotatable bonds is 10. The van der Waals surface area contributed by atoms with Gasteiger partial charge in [0.25, 0.3) is 0 Å². The van der Waals surface area contributed by atoms with Crippen molar-refractivity contribution in [2.24, 2.45) is 41.4 Å². The van der Waals surface area contributed by atoms with E-state index in [1.165, 1.54) is 96.3 Å². The topological polar surface area (TPSA) is 0 Å². The minimum Gasteiger partial charge on any atom is -0.0683 e. The highest BCUT2D eigenvalue weighted by Crippen LogP contribution is 2.50. The Balaban J connectivity index is 0.00000204. The molecule has 0 radical (unpaired) electrons. The first-order valence-corrected chi connectivity index (χ1v) is 14.1. The summed E-state index contributed by atoms with van der Waals surface area (Å²) >= 11 is 0. The van der Waals surface area contributed by atoms with Crippen molar-refractivity contribution in [1.29, 1.82) is 0 Å². The fourth-order valence-corrected chi connectivity index (χ4v) is 7.28. The molecule has 29 heavy (non-hydrogen) atoms. The molecule has 2 rings (SSSR count). The molecule has 0 spiro atoms. The van der Waals surface area contributed by atoms with Gasteiger partial charge in [0, 0.05) is 0 Å². The highest BCUT2D eigenvalue weighted by molar-refractivity contribution is 4.91. The van der Waals surface area contributed by atoms with Crippen molar-refractivity contribution in [1.82, 2.24) is 0 Å². The van der Waals surface area contributed by atoms with Gasteiger partial charge in [-0.25, -0.2) is 0 Å². The standard InChI is InChI=1S/C27H52.C2H6/c1-6-9-17-23(7-2)25(8-3)27(26-20-15-16-21(26)4)22(5)24-18-13-11-10-12-14-19-24;1-2/h21-27H,6-20H2,1-5H3;1-2H3. The summed E-state index contributed by atoms with van der Waals surface area (Å²) in [6.45, 7) is 16.7. The van der Waals surface area contributed by atoms with E-state index in [4.69, 9.17) is 0 Å². The molecule has 2 aliphatic carbocycles. The number of unbranched alkanes of at least 4 members (excludes halogenated alkanes) is 1. The lowest BCUT2D eigenvalue weighted by Gasteiger charge is -2.45. The van der Waals surface area contributed by atoms with Crippen LogP contribution in [0.25, 0.3) is 0 Å². The summed E-state index contributed by atoms with van der Waals surface area (Å²) in [7, 11) is 0. The van der Waals surface area contributed by atoms with Gasteiger partial charge in [0.1, 0.15) is 0 Å². The van der Waals surface area contributed by atoms with Gasteiger partial charge < -0.3 is 0 Å². The van der Waals surface area contributed by atoms with Gasteiger partial charge in [-0.15, -0.1) is 0 Å². The van der Waals surface area contributed by atoms with Crippen LogP contribution < -0.4 is 0 Å². The molecule has 0 amide bonds. The van der Waals surface area contributed by atoms with Crippen molar-refractivity contribution in [2.75, 3.05) is 0 Å². The first-order valence-electron chi connectivity index (χ1n) is 14.1. The smallest absolute Gasteiger partial charge is 0.0324 e. The van der Waals surface area contributed by atoms with Crippen molar-refractivity contribution >= 4 is 0 Å². The third-order valence-corrected chi connectivity index (χ3v) is 8.95. The summed E-state index contributed by atoms with van der Waals surface area (Å²) in [6.07, 6.45) is 22.2. The van der Waals surface area contributed by atoms with Gasteiger partial charge in [0.05, 0.1) is 0 Å². The molecule has 6 atom stereocenters. The molecule has 174 valence electrons. The van der Waals surface area contributed by atoms with Crippen LogP contribution in [0.1, 0.15) is 145 Å². The van der Waals surface area contributed by atoms with Gasteiger partial charge in [-0.2, -0.15) is 0 Å². The highest BCUT2D eigenvalue weighted by Gasteiger charge is 2.42. The van der Waals surface area contributed by atoms with E-state index in [1.54, 1.807) is 0 Å². The van der Waals surface area contributed by atoms with Crippen molar-refractivity contribution < 1.29 is 0 Å². The lowest BCUT2D eigenvalue weighted by atomic mass is 9.61. The highest BCUT2D eigenvalue weighted by atomic mass is 14.5. The fraction of sp³-hybridized carbons (Fsp3) is 1.00. The van der Waals surface area contributed by atoms with E-state index in [-0.39, 0.29) is 0 Å². The fourth-order valence-electron chi connectivity index (χ4n) is 7.28. The third kappa shape index (κ3) is 8.22. The van der Waals surface area contributed by atoms with Crippen LogP contribution in [0.5, 0.6) is 0 Å². The predicted molar refractivity (Wildman–Crippen MR) is 133 cm³/mol. The van der Waals surface area contributed by atoms with Gasteiger partial charge in [0.2, 0.25) is 0 Å². The van der Waals surface area contributed by atoms with Crippen molar-refractivity contribution in [3.05, 3.63) is 0 Å².